The number of aryl methyl sites for hydroxylation is 1. The summed E-state index contributed by atoms with van der Waals surface area (Å²) in [6.07, 6.45) is 8.12. The van der Waals surface area contributed by atoms with Gasteiger partial charge in [-0.1, -0.05) is 6.08 Å². The lowest BCUT2D eigenvalue weighted by atomic mass is 10.1. The molecule has 0 saturated heterocycles. The second-order valence-corrected chi connectivity index (χ2v) is 9.13. The number of thiazole rings is 1. The van der Waals surface area contributed by atoms with Crippen molar-refractivity contribution in [1.82, 2.24) is 13.9 Å². The van der Waals surface area contributed by atoms with E-state index in [2.05, 4.69) is 22.5 Å². The van der Waals surface area contributed by atoms with Gasteiger partial charge in [-0.25, -0.2) is 4.98 Å². The number of anilines is 1. The van der Waals surface area contributed by atoms with E-state index in [1.807, 2.05) is 22.3 Å². The van der Waals surface area contributed by atoms with Crippen LogP contribution in [0.3, 0.4) is 0 Å². The molecule has 1 aromatic carbocycles. The number of hydrogen-bond acceptors (Lipinski definition) is 5. The van der Waals surface area contributed by atoms with Crippen LogP contribution in [-0.2, 0) is 13.0 Å². The number of rotatable bonds is 3. The molecule has 1 N–H and O–H groups in total. The summed E-state index contributed by atoms with van der Waals surface area (Å²) in [6, 6.07) is 9.05. The maximum absolute atomic E-state index is 13.0. The SMILES string of the molecule is CN(Cc1nc2c(s1)C=CCC2)C(=O)c1ccc2c(c1)NC(=O)c1cccn1S2. The number of amides is 2. The molecule has 0 unspecified atom stereocenters. The largest absolute Gasteiger partial charge is 0.335 e. The fourth-order valence-electron chi connectivity index (χ4n) is 3.45. The van der Waals surface area contributed by atoms with E-state index in [0.29, 0.717) is 23.5 Å². The molecule has 0 spiro atoms. The fraction of sp³-hybridized carbons (Fsp3) is 0.190. The van der Waals surface area contributed by atoms with Gasteiger partial charge in [0.25, 0.3) is 11.8 Å². The highest BCUT2D eigenvalue weighted by Gasteiger charge is 2.22. The summed E-state index contributed by atoms with van der Waals surface area (Å²) >= 11 is 3.10. The van der Waals surface area contributed by atoms with Crippen molar-refractivity contribution in [2.75, 3.05) is 12.4 Å². The Morgan fingerprint density at radius 3 is 3.10 bits per heavy atom. The van der Waals surface area contributed by atoms with Gasteiger partial charge in [0.2, 0.25) is 0 Å². The van der Waals surface area contributed by atoms with Crippen LogP contribution in [0.25, 0.3) is 6.08 Å². The summed E-state index contributed by atoms with van der Waals surface area (Å²) in [7, 11) is 1.78. The first-order valence-corrected chi connectivity index (χ1v) is 10.9. The Morgan fingerprint density at radius 2 is 2.24 bits per heavy atom. The topological polar surface area (TPSA) is 67.2 Å². The lowest BCUT2D eigenvalue weighted by Crippen LogP contribution is -2.26. The van der Waals surface area contributed by atoms with Crippen LogP contribution in [0.15, 0.2) is 47.5 Å². The Labute approximate surface area is 176 Å². The van der Waals surface area contributed by atoms with E-state index < -0.39 is 0 Å². The number of fused-ring (bicyclic) bond motifs is 3. The molecule has 3 heterocycles. The minimum Gasteiger partial charge on any atom is -0.335 e. The van der Waals surface area contributed by atoms with Gasteiger partial charge in [-0.3, -0.25) is 13.6 Å². The third-order valence-corrected chi connectivity index (χ3v) is 7.04. The van der Waals surface area contributed by atoms with E-state index >= 15 is 0 Å². The number of benzene rings is 1. The van der Waals surface area contributed by atoms with Gasteiger partial charge in [-0.05, 0) is 61.2 Å². The molecule has 0 fully saturated rings. The normalized spacial score (nSPS) is 14.4. The first-order valence-electron chi connectivity index (χ1n) is 9.30. The average molecular weight is 423 g/mol. The predicted octanol–water partition coefficient (Wildman–Crippen LogP) is 4.30. The Kier molecular flexibility index (Phi) is 4.52. The molecular weight excluding hydrogens is 404 g/mol. The number of hydrogen-bond donors (Lipinski definition) is 1. The molecule has 146 valence electrons. The highest BCUT2D eigenvalue weighted by molar-refractivity contribution is 7.98. The Morgan fingerprint density at radius 1 is 1.34 bits per heavy atom. The summed E-state index contributed by atoms with van der Waals surface area (Å²) in [5, 5.41) is 3.85. The van der Waals surface area contributed by atoms with Crippen LogP contribution in [-0.4, -0.2) is 32.7 Å². The van der Waals surface area contributed by atoms with Crippen molar-refractivity contribution < 1.29 is 9.59 Å². The van der Waals surface area contributed by atoms with E-state index in [9.17, 15) is 9.59 Å². The Hall–Kier alpha value is -2.84. The smallest absolute Gasteiger partial charge is 0.273 e. The molecule has 0 bridgehead atoms. The van der Waals surface area contributed by atoms with Crippen molar-refractivity contribution in [1.29, 1.82) is 0 Å². The summed E-state index contributed by atoms with van der Waals surface area (Å²) < 4.78 is 1.83. The van der Waals surface area contributed by atoms with Crippen LogP contribution < -0.4 is 5.32 Å². The standard InChI is InChI=1S/C21H18N4O2S2/c1-24(12-19-22-14-5-2-3-7-17(14)28-19)21(27)13-8-9-18-15(11-13)23-20(26)16-6-4-10-25(16)29-18/h3-4,6-11H,2,5,12H2,1H3,(H,23,26). The molecule has 1 aliphatic carbocycles. The first-order chi connectivity index (χ1) is 14.1. The maximum Gasteiger partial charge on any atom is 0.273 e. The lowest BCUT2D eigenvalue weighted by Gasteiger charge is -2.17. The molecule has 0 saturated carbocycles. The van der Waals surface area contributed by atoms with Crippen LogP contribution in [0.5, 0.6) is 0 Å². The molecule has 5 rings (SSSR count). The number of aromatic nitrogens is 2. The van der Waals surface area contributed by atoms with Gasteiger partial charge < -0.3 is 10.2 Å². The number of carbonyl (C=O) groups excluding carboxylic acids is 2. The van der Waals surface area contributed by atoms with E-state index in [4.69, 9.17) is 0 Å². The van der Waals surface area contributed by atoms with Crippen molar-refractivity contribution in [3.05, 3.63) is 69.4 Å². The van der Waals surface area contributed by atoms with Gasteiger partial charge in [-0.2, -0.15) is 0 Å². The molecule has 0 radical (unpaired) electrons. The van der Waals surface area contributed by atoms with Crippen molar-refractivity contribution in [2.45, 2.75) is 24.3 Å². The van der Waals surface area contributed by atoms with Gasteiger partial charge in [0, 0.05) is 18.8 Å². The highest BCUT2D eigenvalue weighted by Crippen LogP contribution is 2.34. The fourth-order valence-corrected chi connectivity index (χ4v) is 5.47. The predicted molar refractivity (Wildman–Crippen MR) is 115 cm³/mol. The van der Waals surface area contributed by atoms with Crippen LogP contribution >= 0.6 is 23.3 Å². The molecule has 2 amide bonds. The molecular formula is C21H18N4O2S2. The number of carbonyl (C=O) groups is 2. The average Bonchev–Trinajstić information content (AvgIpc) is 3.32. The van der Waals surface area contributed by atoms with E-state index in [1.165, 1.54) is 16.8 Å². The third-order valence-electron chi connectivity index (χ3n) is 4.93. The monoisotopic (exact) mass is 422 g/mol. The van der Waals surface area contributed by atoms with E-state index in [-0.39, 0.29) is 11.8 Å². The van der Waals surface area contributed by atoms with Gasteiger partial charge in [0.1, 0.15) is 10.7 Å². The minimum absolute atomic E-state index is 0.0976. The van der Waals surface area contributed by atoms with E-state index in [0.717, 1.165) is 28.4 Å². The van der Waals surface area contributed by atoms with Gasteiger partial charge in [0.15, 0.2) is 0 Å². The van der Waals surface area contributed by atoms with Gasteiger partial charge in [0.05, 0.1) is 27.7 Å². The van der Waals surface area contributed by atoms with Crippen LogP contribution in [0.2, 0.25) is 0 Å². The summed E-state index contributed by atoms with van der Waals surface area (Å²) in [6.45, 7) is 0.466. The molecule has 2 aliphatic rings. The molecule has 2 aromatic heterocycles. The third kappa shape index (κ3) is 3.38. The zero-order valence-electron chi connectivity index (χ0n) is 15.7. The quantitative estimate of drug-likeness (QED) is 0.684. The second-order valence-electron chi connectivity index (χ2n) is 7.00. The molecule has 0 atom stereocenters. The zero-order chi connectivity index (χ0) is 20.0. The van der Waals surface area contributed by atoms with Crippen molar-refractivity contribution >= 4 is 46.9 Å². The molecule has 1 aliphatic heterocycles. The molecule has 3 aromatic rings. The Balaban J connectivity index is 1.36. The highest BCUT2D eigenvalue weighted by atomic mass is 32.2. The van der Waals surface area contributed by atoms with Crippen molar-refractivity contribution in [3.63, 3.8) is 0 Å². The summed E-state index contributed by atoms with van der Waals surface area (Å²) in [5.41, 5.74) is 2.90. The summed E-state index contributed by atoms with van der Waals surface area (Å²) in [4.78, 5) is 33.9. The Bertz CT molecular complexity index is 1160. The van der Waals surface area contributed by atoms with Gasteiger partial charge in [-0.15, -0.1) is 11.3 Å². The maximum atomic E-state index is 13.0. The van der Waals surface area contributed by atoms with Crippen molar-refractivity contribution in [2.24, 2.45) is 0 Å². The lowest BCUT2D eigenvalue weighted by molar-refractivity contribution is 0.0784. The van der Waals surface area contributed by atoms with E-state index in [1.54, 1.807) is 41.5 Å². The van der Waals surface area contributed by atoms with Crippen LogP contribution in [0.1, 0.15) is 42.8 Å². The number of nitrogens with one attached hydrogen (secondary N) is 1. The van der Waals surface area contributed by atoms with Crippen molar-refractivity contribution in [3.8, 4) is 0 Å². The summed E-state index contributed by atoms with van der Waals surface area (Å²) in [5.74, 6) is -0.278. The van der Waals surface area contributed by atoms with Gasteiger partial charge >= 0.3 is 0 Å². The number of allylic oxidation sites excluding steroid dienone is 1. The zero-order valence-corrected chi connectivity index (χ0v) is 17.3. The van der Waals surface area contributed by atoms with Crippen LogP contribution in [0.4, 0.5) is 5.69 Å². The molecule has 29 heavy (non-hydrogen) atoms. The minimum atomic E-state index is -0.180. The molecule has 6 nitrogen and oxygen atoms in total. The van der Waals surface area contributed by atoms with Crippen LogP contribution in [0, 0.1) is 0 Å². The second kappa shape index (κ2) is 7.20. The number of nitrogens with zero attached hydrogens (tertiary/aromatic N) is 3. The first kappa shape index (κ1) is 18.2. The molecule has 8 heteroatoms.